The Hall–Kier alpha value is -0.530. The number of hydrogen-bond acceptors (Lipinski definition) is 1. The lowest BCUT2D eigenvalue weighted by molar-refractivity contribution is -0.138. The monoisotopic (exact) mass is 326 g/mol. The van der Waals surface area contributed by atoms with Crippen LogP contribution in [-0.4, -0.2) is 11.1 Å². The van der Waals surface area contributed by atoms with Gasteiger partial charge in [-0.25, -0.2) is 0 Å². The Labute approximate surface area is 145 Å². The minimum Gasteiger partial charge on any atom is -0.481 e. The summed E-state index contributed by atoms with van der Waals surface area (Å²) in [6, 6.07) is 0. The molecule has 0 aromatic heterocycles. The van der Waals surface area contributed by atoms with Gasteiger partial charge in [0.2, 0.25) is 0 Å². The van der Waals surface area contributed by atoms with Crippen molar-refractivity contribution in [3.05, 3.63) is 0 Å². The van der Waals surface area contributed by atoms with Crippen LogP contribution in [0.3, 0.4) is 0 Å². The molecule has 0 heterocycles. The molecule has 0 fully saturated rings. The van der Waals surface area contributed by atoms with E-state index >= 15 is 0 Å². The van der Waals surface area contributed by atoms with Gasteiger partial charge in [0.05, 0.1) is 0 Å². The van der Waals surface area contributed by atoms with Crippen LogP contribution in [-0.2, 0) is 4.79 Å². The van der Waals surface area contributed by atoms with E-state index in [-0.39, 0.29) is 0 Å². The summed E-state index contributed by atoms with van der Waals surface area (Å²) in [6.07, 6.45) is 22.2. The van der Waals surface area contributed by atoms with E-state index in [4.69, 9.17) is 5.11 Å². The molecule has 138 valence electrons. The van der Waals surface area contributed by atoms with Gasteiger partial charge in [-0.2, -0.15) is 0 Å². The molecular weight excluding hydrogens is 284 g/mol. The van der Waals surface area contributed by atoms with Crippen LogP contribution >= 0.6 is 0 Å². The lowest BCUT2D eigenvalue weighted by Crippen LogP contribution is -2.03. The van der Waals surface area contributed by atoms with Crippen LogP contribution < -0.4 is 0 Å². The van der Waals surface area contributed by atoms with Crippen molar-refractivity contribution in [1.29, 1.82) is 0 Å². The first-order valence-corrected chi connectivity index (χ1v) is 10.4. The summed E-state index contributed by atoms with van der Waals surface area (Å²) in [5.41, 5.74) is 0. The molecule has 0 aliphatic heterocycles. The molecule has 0 amide bonds. The van der Waals surface area contributed by atoms with Crippen LogP contribution in [0, 0.1) is 5.92 Å². The van der Waals surface area contributed by atoms with E-state index in [0.717, 1.165) is 6.42 Å². The number of hydrogen-bond donors (Lipinski definition) is 1. The smallest absolute Gasteiger partial charge is 0.303 e. The molecular formula is C21H42O2. The van der Waals surface area contributed by atoms with Crippen molar-refractivity contribution >= 4 is 5.97 Å². The Bertz CT molecular complexity index is 250. The predicted molar refractivity (Wildman–Crippen MR) is 101 cm³/mol. The Kier molecular flexibility index (Phi) is 17.4. The predicted octanol–water partition coefficient (Wildman–Crippen LogP) is 7.36. The Balaban J connectivity index is 3.06. The molecule has 1 atom stereocenters. The highest BCUT2D eigenvalue weighted by Gasteiger charge is 2.06. The lowest BCUT2D eigenvalue weighted by Gasteiger charge is -2.08. The minimum atomic E-state index is -0.654. The number of carboxylic acid groups (broad SMARTS) is 1. The number of aliphatic carboxylic acids is 1. The summed E-state index contributed by atoms with van der Waals surface area (Å²) in [4.78, 5) is 10.6. The molecule has 2 nitrogen and oxygen atoms in total. The lowest BCUT2D eigenvalue weighted by atomic mass is 9.99. The summed E-state index contributed by atoms with van der Waals surface area (Å²) in [6.45, 7) is 4.33. The van der Waals surface area contributed by atoms with Gasteiger partial charge >= 0.3 is 5.97 Å². The van der Waals surface area contributed by atoms with Gasteiger partial charge in [0.1, 0.15) is 0 Å². The SMILES string of the molecule is CCCCCCCCCCCCCCCCC[C@@H](C)CC(=O)O. The summed E-state index contributed by atoms with van der Waals surface area (Å²) >= 11 is 0. The standard InChI is InChI=1S/C21H42O2/c1-3-4-5-6-7-8-9-10-11-12-13-14-15-16-17-18-20(2)19-21(22)23/h20H,3-19H2,1-2H3,(H,22,23)/t20-/m1/s1. The largest absolute Gasteiger partial charge is 0.481 e. The summed E-state index contributed by atoms with van der Waals surface area (Å²) in [7, 11) is 0. The maximum Gasteiger partial charge on any atom is 0.303 e. The van der Waals surface area contributed by atoms with Crippen LogP contribution in [0.4, 0.5) is 0 Å². The van der Waals surface area contributed by atoms with E-state index in [1.165, 1.54) is 96.3 Å². The Morgan fingerprint density at radius 1 is 0.696 bits per heavy atom. The molecule has 2 heteroatoms. The molecule has 0 aromatic rings. The molecule has 0 rings (SSSR count). The van der Waals surface area contributed by atoms with Crippen molar-refractivity contribution in [2.24, 2.45) is 5.92 Å². The first kappa shape index (κ1) is 22.5. The molecule has 0 spiro atoms. The third kappa shape index (κ3) is 19.4. The Morgan fingerprint density at radius 3 is 1.39 bits per heavy atom. The van der Waals surface area contributed by atoms with Crippen LogP contribution in [0.15, 0.2) is 0 Å². The topological polar surface area (TPSA) is 37.3 Å². The minimum absolute atomic E-state index is 0.332. The van der Waals surface area contributed by atoms with E-state index in [9.17, 15) is 4.79 Å². The van der Waals surface area contributed by atoms with Gasteiger partial charge in [0.25, 0.3) is 0 Å². The highest BCUT2D eigenvalue weighted by atomic mass is 16.4. The van der Waals surface area contributed by atoms with Crippen molar-refractivity contribution in [1.82, 2.24) is 0 Å². The zero-order chi connectivity index (χ0) is 17.2. The highest BCUT2D eigenvalue weighted by Crippen LogP contribution is 2.16. The Morgan fingerprint density at radius 2 is 1.04 bits per heavy atom. The molecule has 0 bridgehead atoms. The first-order valence-electron chi connectivity index (χ1n) is 10.4. The molecule has 0 aliphatic rings. The van der Waals surface area contributed by atoms with E-state index in [2.05, 4.69) is 13.8 Å². The fourth-order valence-electron chi connectivity index (χ4n) is 3.26. The van der Waals surface area contributed by atoms with Gasteiger partial charge < -0.3 is 5.11 Å². The molecule has 0 radical (unpaired) electrons. The van der Waals surface area contributed by atoms with Gasteiger partial charge in [-0.1, -0.05) is 117 Å². The summed E-state index contributed by atoms with van der Waals surface area (Å²) < 4.78 is 0. The van der Waals surface area contributed by atoms with Gasteiger partial charge in [-0.05, 0) is 5.92 Å². The number of unbranched alkanes of at least 4 members (excludes halogenated alkanes) is 14. The van der Waals surface area contributed by atoms with Crippen molar-refractivity contribution in [3.63, 3.8) is 0 Å². The van der Waals surface area contributed by atoms with Crippen LogP contribution in [0.2, 0.25) is 0 Å². The van der Waals surface area contributed by atoms with E-state index < -0.39 is 5.97 Å². The molecule has 0 aromatic carbocycles. The van der Waals surface area contributed by atoms with Crippen LogP contribution in [0.25, 0.3) is 0 Å². The van der Waals surface area contributed by atoms with Crippen molar-refractivity contribution < 1.29 is 9.90 Å². The van der Waals surface area contributed by atoms with Crippen LogP contribution in [0.1, 0.15) is 123 Å². The van der Waals surface area contributed by atoms with Gasteiger partial charge in [0, 0.05) is 6.42 Å². The zero-order valence-electron chi connectivity index (χ0n) is 16.0. The van der Waals surface area contributed by atoms with E-state index in [0.29, 0.717) is 12.3 Å². The molecule has 0 saturated carbocycles. The average Bonchev–Trinajstić information content (AvgIpc) is 2.50. The molecule has 0 saturated heterocycles. The molecule has 0 unspecified atom stereocenters. The number of rotatable bonds is 18. The normalized spacial score (nSPS) is 12.4. The van der Waals surface area contributed by atoms with Crippen molar-refractivity contribution in [2.75, 3.05) is 0 Å². The fourth-order valence-corrected chi connectivity index (χ4v) is 3.26. The maximum atomic E-state index is 10.6. The van der Waals surface area contributed by atoms with Gasteiger partial charge in [-0.3, -0.25) is 4.79 Å². The summed E-state index contributed by atoms with van der Waals surface area (Å²) in [5, 5.41) is 8.71. The van der Waals surface area contributed by atoms with E-state index in [1.54, 1.807) is 0 Å². The number of carbonyl (C=O) groups is 1. The fraction of sp³-hybridized carbons (Fsp3) is 0.952. The van der Waals surface area contributed by atoms with Crippen molar-refractivity contribution in [3.8, 4) is 0 Å². The third-order valence-corrected chi connectivity index (χ3v) is 4.82. The zero-order valence-corrected chi connectivity index (χ0v) is 16.0. The second-order valence-electron chi connectivity index (χ2n) is 7.44. The maximum absolute atomic E-state index is 10.6. The number of carboxylic acids is 1. The molecule has 1 N–H and O–H groups in total. The van der Waals surface area contributed by atoms with E-state index in [1.807, 2.05) is 0 Å². The average molecular weight is 327 g/mol. The highest BCUT2D eigenvalue weighted by molar-refractivity contribution is 5.66. The second kappa shape index (κ2) is 17.8. The van der Waals surface area contributed by atoms with Gasteiger partial charge in [0.15, 0.2) is 0 Å². The van der Waals surface area contributed by atoms with Gasteiger partial charge in [-0.15, -0.1) is 0 Å². The third-order valence-electron chi connectivity index (χ3n) is 4.82. The second-order valence-corrected chi connectivity index (χ2v) is 7.44. The summed E-state index contributed by atoms with van der Waals surface area (Å²) in [5.74, 6) is -0.312. The van der Waals surface area contributed by atoms with Crippen molar-refractivity contribution in [2.45, 2.75) is 123 Å². The first-order chi connectivity index (χ1) is 11.2. The van der Waals surface area contributed by atoms with Crippen LogP contribution in [0.5, 0.6) is 0 Å². The molecule has 23 heavy (non-hydrogen) atoms. The molecule has 0 aliphatic carbocycles. The quantitative estimate of drug-likeness (QED) is 0.267.